The molecule has 1 amide bonds. The van der Waals surface area contributed by atoms with E-state index in [4.69, 9.17) is 9.47 Å². The minimum atomic E-state index is -0.481. The monoisotopic (exact) mass is 271 g/mol. The van der Waals surface area contributed by atoms with Gasteiger partial charge in [-0.2, -0.15) is 0 Å². The first-order valence-corrected chi connectivity index (χ1v) is 6.98. The van der Waals surface area contributed by atoms with E-state index in [2.05, 4.69) is 0 Å². The Morgan fingerprint density at radius 3 is 2.58 bits per heavy atom. The Labute approximate surface area is 115 Å². The number of likely N-dealkylation sites (tertiary alicyclic amines) is 1. The largest absolute Gasteiger partial charge is 0.466 e. The van der Waals surface area contributed by atoms with Crippen molar-refractivity contribution in [3.05, 3.63) is 0 Å². The molecule has 0 aromatic rings. The molecule has 1 aliphatic heterocycles. The van der Waals surface area contributed by atoms with Gasteiger partial charge in [0.1, 0.15) is 5.60 Å². The van der Waals surface area contributed by atoms with E-state index in [0.717, 1.165) is 12.8 Å². The summed E-state index contributed by atoms with van der Waals surface area (Å²) >= 11 is 0. The molecule has 0 saturated carbocycles. The first-order chi connectivity index (χ1) is 8.83. The third-order valence-corrected chi connectivity index (χ3v) is 2.99. The maximum absolute atomic E-state index is 12.0. The fourth-order valence-electron chi connectivity index (χ4n) is 2.21. The standard InChI is InChI=1S/C14H25NO4/c1-5-18-12(16)9-8-11-7-6-10-15(11)13(17)19-14(2,3)4/h11H,5-10H2,1-4H3/t11-/m1/s1. The summed E-state index contributed by atoms with van der Waals surface area (Å²) in [6, 6.07) is 0.0965. The first kappa shape index (κ1) is 15.8. The second kappa shape index (κ2) is 6.78. The molecule has 0 aromatic heterocycles. The fraction of sp³-hybridized carbons (Fsp3) is 0.857. The van der Waals surface area contributed by atoms with Gasteiger partial charge in [0.15, 0.2) is 0 Å². The first-order valence-electron chi connectivity index (χ1n) is 6.98. The molecule has 0 bridgehead atoms. The van der Waals surface area contributed by atoms with Crippen LogP contribution >= 0.6 is 0 Å². The molecule has 1 aliphatic rings. The second-order valence-corrected chi connectivity index (χ2v) is 5.81. The zero-order chi connectivity index (χ0) is 14.5. The summed E-state index contributed by atoms with van der Waals surface area (Å²) < 4.78 is 10.3. The summed E-state index contributed by atoms with van der Waals surface area (Å²) in [5.41, 5.74) is -0.481. The summed E-state index contributed by atoms with van der Waals surface area (Å²) in [5, 5.41) is 0. The van der Waals surface area contributed by atoms with E-state index in [9.17, 15) is 9.59 Å². The number of carbonyl (C=O) groups excluding carboxylic acids is 2. The van der Waals surface area contributed by atoms with Gasteiger partial charge in [0.05, 0.1) is 6.61 Å². The minimum Gasteiger partial charge on any atom is -0.466 e. The molecule has 1 saturated heterocycles. The molecule has 0 spiro atoms. The zero-order valence-electron chi connectivity index (χ0n) is 12.4. The summed E-state index contributed by atoms with van der Waals surface area (Å²) in [4.78, 5) is 25.1. The maximum atomic E-state index is 12.0. The van der Waals surface area contributed by atoms with Crippen LogP contribution < -0.4 is 0 Å². The molecule has 1 atom stereocenters. The van der Waals surface area contributed by atoms with Crippen LogP contribution in [0.15, 0.2) is 0 Å². The number of nitrogens with zero attached hydrogens (tertiary/aromatic N) is 1. The Hall–Kier alpha value is -1.26. The van der Waals surface area contributed by atoms with E-state index in [-0.39, 0.29) is 18.1 Å². The van der Waals surface area contributed by atoms with Gasteiger partial charge in [0.25, 0.3) is 0 Å². The van der Waals surface area contributed by atoms with Gasteiger partial charge in [-0.15, -0.1) is 0 Å². The molecule has 1 rings (SSSR count). The van der Waals surface area contributed by atoms with Crippen molar-refractivity contribution in [1.82, 2.24) is 4.90 Å². The Balaban J connectivity index is 2.45. The van der Waals surface area contributed by atoms with Crippen molar-refractivity contribution in [1.29, 1.82) is 0 Å². The van der Waals surface area contributed by atoms with E-state index in [1.807, 2.05) is 20.8 Å². The number of amides is 1. The molecule has 5 heteroatoms. The Kier molecular flexibility index (Phi) is 5.63. The van der Waals surface area contributed by atoms with Crippen LogP contribution in [0.5, 0.6) is 0 Å². The lowest BCUT2D eigenvalue weighted by molar-refractivity contribution is -0.143. The molecule has 1 fully saturated rings. The van der Waals surface area contributed by atoms with E-state index >= 15 is 0 Å². The quantitative estimate of drug-likeness (QED) is 0.738. The highest BCUT2D eigenvalue weighted by atomic mass is 16.6. The number of ether oxygens (including phenoxy) is 2. The molecule has 19 heavy (non-hydrogen) atoms. The normalized spacial score (nSPS) is 19.4. The highest BCUT2D eigenvalue weighted by molar-refractivity contribution is 5.70. The van der Waals surface area contributed by atoms with Gasteiger partial charge >= 0.3 is 12.1 Å². The molecule has 1 heterocycles. The Morgan fingerprint density at radius 1 is 1.32 bits per heavy atom. The summed E-state index contributed by atoms with van der Waals surface area (Å²) in [6.45, 7) is 8.47. The van der Waals surface area contributed by atoms with E-state index in [1.54, 1.807) is 11.8 Å². The van der Waals surface area contributed by atoms with Crippen molar-refractivity contribution in [3.8, 4) is 0 Å². The molecule has 110 valence electrons. The summed E-state index contributed by atoms with van der Waals surface area (Å²) in [5.74, 6) is -0.196. The zero-order valence-corrected chi connectivity index (χ0v) is 12.4. The number of hydrogen-bond donors (Lipinski definition) is 0. The van der Waals surface area contributed by atoms with Gasteiger partial charge in [-0.25, -0.2) is 4.79 Å². The lowest BCUT2D eigenvalue weighted by Crippen LogP contribution is -2.40. The van der Waals surface area contributed by atoms with E-state index < -0.39 is 5.60 Å². The van der Waals surface area contributed by atoms with Crippen LogP contribution in [0.4, 0.5) is 4.79 Å². The average molecular weight is 271 g/mol. The highest BCUT2D eigenvalue weighted by Gasteiger charge is 2.32. The molecule has 0 N–H and O–H groups in total. The van der Waals surface area contributed by atoms with Crippen LogP contribution in [-0.2, 0) is 14.3 Å². The van der Waals surface area contributed by atoms with Gasteiger partial charge in [0.2, 0.25) is 0 Å². The molecular weight excluding hydrogens is 246 g/mol. The topological polar surface area (TPSA) is 55.8 Å². The number of rotatable bonds is 4. The fourth-order valence-corrected chi connectivity index (χ4v) is 2.21. The molecule has 0 radical (unpaired) electrons. The van der Waals surface area contributed by atoms with Crippen LogP contribution in [0, 0.1) is 0 Å². The van der Waals surface area contributed by atoms with Crippen LogP contribution in [-0.4, -0.2) is 41.8 Å². The number of esters is 1. The summed E-state index contributed by atoms with van der Waals surface area (Å²) in [6.07, 6.45) is 2.63. The molecular formula is C14H25NO4. The maximum Gasteiger partial charge on any atom is 0.410 e. The van der Waals surface area contributed by atoms with Crippen LogP contribution in [0.2, 0.25) is 0 Å². The van der Waals surface area contributed by atoms with Crippen molar-refractivity contribution in [3.63, 3.8) is 0 Å². The van der Waals surface area contributed by atoms with Crippen molar-refractivity contribution >= 4 is 12.1 Å². The van der Waals surface area contributed by atoms with Gasteiger partial charge in [-0.1, -0.05) is 0 Å². The molecule has 0 aliphatic carbocycles. The Morgan fingerprint density at radius 2 is 2.00 bits per heavy atom. The third kappa shape index (κ3) is 5.49. The van der Waals surface area contributed by atoms with Gasteiger partial charge in [0, 0.05) is 19.0 Å². The third-order valence-electron chi connectivity index (χ3n) is 2.99. The van der Waals surface area contributed by atoms with Crippen molar-refractivity contribution < 1.29 is 19.1 Å². The van der Waals surface area contributed by atoms with Gasteiger partial charge in [-0.3, -0.25) is 4.79 Å². The van der Waals surface area contributed by atoms with Gasteiger partial charge < -0.3 is 14.4 Å². The number of carbonyl (C=O) groups is 2. The SMILES string of the molecule is CCOC(=O)CC[C@H]1CCCN1C(=O)OC(C)(C)C. The predicted molar refractivity (Wildman–Crippen MR) is 71.8 cm³/mol. The number of hydrogen-bond acceptors (Lipinski definition) is 4. The predicted octanol–water partition coefficient (Wildman–Crippen LogP) is 2.73. The van der Waals surface area contributed by atoms with Crippen molar-refractivity contribution in [2.24, 2.45) is 0 Å². The molecule has 0 aromatic carbocycles. The highest BCUT2D eigenvalue weighted by Crippen LogP contribution is 2.24. The van der Waals surface area contributed by atoms with Crippen LogP contribution in [0.1, 0.15) is 53.4 Å². The lowest BCUT2D eigenvalue weighted by atomic mass is 10.1. The van der Waals surface area contributed by atoms with Gasteiger partial charge in [-0.05, 0) is 47.0 Å². The van der Waals surface area contributed by atoms with E-state index in [0.29, 0.717) is 26.0 Å². The lowest BCUT2D eigenvalue weighted by Gasteiger charge is -2.28. The smallest absolute Gasteiger partial charge is 0.410 e. The Bertz CT molecular complexity index is 322. The second-order valence-electron chi connectivity index (χ2n) is 5.81. The summed E-state index contributed by atoms with van der Waals surface area (Å²) in [7, 11) is 0. The average Bonchev–Trinajstić information content (AvgIpc) is 2.72. The molecule has 0 unspecified atom stereocenters. The van der Waals surface area contributed by atoms with Crippen molar-refractivity contribution in [2.45, 2.75) is 65.0 Å². The van der Waals surface area contributed by atoms with E-state index in [1.165, 1.54) is 0 Å². The van der Waals surface area contributed by atoms with Crippen LogP contribution in [0.3, 0.4) is 0 Å². The minimum absolute atomic E-state index is 0.0965. The van der Waals surface area contributed by atoms with Crippen molar-refractivity contribution in [2.75, 3.05) is 13.2 Å². The van der Waals surface area contributed by atoms with Crippen LogP contribution in [0.25, 0.3) is 0 Å². The molecule has 5 nitrogen and oxygen atoms in total.